The number of halogens is 1. The summed E-state index contributed by atoms with van der Waals surface area (Å²) < 4.78 is 47.6. The molecule has 0 radical (unpaired) electrons. The number of aryl methyl sites for hydroxylation is 2. The van der Waals surface area contributed by atoms with E-state index in [-0.39, 0.29) is 34.3 Å². The smallest absolute Gasteiger partial charge is 0.409 e. The fraction of sp³-hybridized carbons (Fsp3) is 0.512. The average Bonchev–Trinajstić information content (AvgIpc) is 3.53. The molecule has 16 nitrogen and oxygen atoms in total. The molecule has 61 heavy (non-hydrogen) atoms. The monoisotopic (exact) mass is 879 g/mol. The van der Waals surface area contributed by atoms with E-state index in [1.165, 1.54) is 67.1 Å². The molecular weight excluding hydrogens is 826 g/mol. The van der Waals surface area contributed by atoms with Crippen molar-refractivity contribution in [2.24, 2.45) is 23.2 Å². The Kier molecular flexibility index (Phi) is 12.7. The number of benzene rings is 2. The van der Waals surface area contributed by atoms with Gasteiger partial charge in [0.1, 0.15) is 22.7 Å². The number of fused-ring (bicyclic) bond motifs is 4. The quantitative estimate of drug-likeness (QED) is 0.329. The standard InChI is InChI=1S/C43H54ClN7O9S/c1-48(2)41(54)37-21-30(60-42(55)49(3)4)13-17-35(57-6)31-14-10-28(31)22-51-24-43(18-8-9-26-19-29(44)12-15-33(26)43)25-59-36-16-11-27(20-34(36)51)38(52)46-61(37,56)47-39(53)32-23-50(5)45-40(32)58-7/h11-13,15-17,19-20,23,28,30-31,35,37H,8-10,14,18,21-22,24-25H2,1-7H3,(H,46,47,52,53,56)/b17-13+/t28-,30-,31+,35-,37?,43-,61?/m0/s1. The molecule has 1 aromatic heterocycles. The molecular formula is C43H54ClN7O9S. The molecule has 3 aromatic rings. The molecule has 1 spiro atoms. The zero-order valence-electron chi connectivity index (χ0n) is 35.6. The highest BCUT2D eigenvalue weighted by atomic mass is 35.5. The predicted octanol–water partition coefficient (Wildman–Crippen LogP) is 5.03. The van der Waals surface area contributed by atoms with Gasteiger partial charge in [-0.15, -0.1) is 9.46 Å². The Bertz CT molecular complexity index is 2360. The van der Waals surface area contributed by atoms with Gasteiger partial charge in [-0.25, -0.2) is 9.00 Å². The van der Waals surface area contributed by atoms with E-state index >= 15 is 4.21 Å². The summed E-state index contributed by atoms with van der Waals surface area (Å²) in [4.78, 5) is 60.7. The highest BCUT2D eigenvalue weighted by Gasteiger charge is 2.45. The number of hydrogen-bond acceptors (Lipinski definition) is 11. The van der Waals surface area contributed by atoms with Crippen LogP contribution in [0.15, 0.2) is 59.1 Å². The van der Waals surface area contributed by atoms with E-state index in [2.05, 4.69) is 25.1 Å². The van der Waals surface area contributed by atoms with Crippen molar-refractivity contribution < 1.29 is 42.3 Å². The van der Waals surface area contributed by atoms with Crippen molar-refractivity contribution in [2.45, 2.75) is 61.4 Å². The van der Waals surface area contributed by atoms with E-state index < -0.39 is 57.6 Å². The lowest BCUT2D eigenvalue weighted by molar-refractivity contribution is -0.128. The van der Waals surface area contributed by atoms with Gasteiger partial charge in [-0.05, 0) is 91.5 Å². The molecule has 2 unspecified atom stereocenters. The van der Waals surface area contributed by atoms with Crippen LogP contribution in [0.5, 0.6) is 11.6 Å². The first-order chi connectivity index (χ1) is 29.0. The van der Waals surface area contributed by atoms with Gasteiger partial charge in [0.25, 0.3) is 11.8 Å². The van der Waals surface area contributed by atoms with Gasteiger partial charge in [-0.1, -0.05) is 23.7 Å². The zero-order valence-corrected chi connectivity index (χ0v) is 37.2. The molecule has 1 fully saturated rings. The second kappa shape index (κ2) is 17.7. The van der Waals surface area contributed by atoms with Crippen LogP contribution >= 0.6 is 11.6 Å². The summed E-state index contributed by atoms with van der Waals surface area (Å²) in [6.07, 6.45) is 6.60. The second-order valence-electron chi connectivity index (χ2n) is 16.8. The van der Waals surface area contributed by atoms with Crippen molar-refractivity contribution in [1.29, 1.82) is 0 Å². The molecule has 2 bridgehead atoms. The Balaban J connectivity index is 1.40. The lowest BCUT2D eigenvalue weighted by Crippen LogP contribution is -2.50. The van der Waals surface area contributed by atoms with Crippen LogP contribution in [0.25, 0.3) is 0 Å². The van der Waals surface area contributed by atoms with E-state index in [4.69, 9.17) is 30.5 Å². The molecule has 1 saturated carbocycles. The maximum Gasteiger partial charge on any atom is 0.409 e. The summed E-state index contributed by atoms with van der Waals surface area (Å²) in [5.74, 6) is -1.88. The number of carbonyl (C=O) groups is 4. The van der Waals surface area contributed by atoms with Crippen molar-refractivity contribution in [3.05, 3.63) is 82.0 Å². The molecule has 4 aliphatic rings. The normalized spacial score (nSPS) is 27.8. The van der Waals surface area contributed by atoms with Gasteiger partial charge in [0.2, 0.25) is 11.8 Å². The molecule has 2 aliphatic heterocycles. The van der Waals surface area contributed by atoms with Crippen LogP contribution in [0.3, 0.4) is 0 Å². The molecule has 2 aliphatic carbocycles. The SMILES string of the molecule is COc1nn(C)cc1C(=O)NS1(=O)=NC(=O)c2ccc3c(c2)N(C[C@@H]2CC[C@H]2[C@@H](OC)/C=C/[C@H](OC(=O)N(C)C)CC1C(=O)N(C)C)C[C@@]1(CCCc2cc(Cl)ccc21)CO3. The van der Waals surface area contributed by atoms with Crippen molar-refractivity contribution in [2.75, 3.05) is 67.0 Å². The van der Waals surface area contributed by atoms with E-state index in [0.29, 0.717) is 36.2 Å². The number of aromatic nitrogens is 2. The first-order valence-electron chi connectivity index (χ1n) is 20.4. The Hall–Kier alpha value is -5.13. The Morgan fingerprint density at radius 3 is 2.52 bits per heavy atom. The van der Waals surface area contributed by atoms with Gasteiger partial charge >= 0.3 is 6.09 Å². The number of anilines is 1. The summed E-state index contributed by atoms with van der Waals surface area (Å²) in [6.45, 7) is 1.60. The van der Waals surface area contributed by atoms with Crippen molar-refractivity contribution >= 4 is 51.0 Å². The maximum atomic E-state index is 15.6. The lowest BCUT2D eigenvalue weighted by atomic mass is 9.68. The number of ether oxygens (including phenoxy) is 4. The van der Waals surface area contributed by atoms with E-state index in [9.17, 15) is 19.2 Å². The summed E-state index contributed by atoms with van der Waals surface area (Å²) in [6, 6.07) is 11.0. The van der Waals surface area contributed by atoms with Gasteiger partial charge in [0.15, 0.2) is 9.92 Å². The Morgan fingerprint density at radius 2 is 1.84 bits per heavy atom. The number of nitrogens with zero attached hydrogens (tertiary/aromatic N) is 6. The number of rotatable bonds is 6. The molecule has 0 saturated heterocycles. The van der Waals surface area contributed by atoms with Gasteiger partial charge in [0, 0.05) is 84.1 Å². The lowest BCUT2D eigenvalue weighted by Gasteiger charge is -2.46. The fourth-order valence-corrected chi connectivity index (χ4v) is 11.1. The fourth-order valence-electron chi connectivity index (χ4n) is 8.98. The first-order valence-corrected chi connectivity index (χ1v) is 22.3. The van der Waals surface area contributed by atoms with E-state index in [1.807, 2.05) is 18.2 Å². The average molecular weight is 880 g/mol. The van der Waals surface area contributed by atoms with Crippen LogP contribution < -0.4 is 19.1 Å². The van der Waals surface area contributed by atoms with Crippen molar-refractivity contribution in [3.63, 3.8) is 0 Å². The third-order valence-corrected chi connectivity index (χ3v) is 14.6. The molecule has 1 N–H and O–H groups in total. The van der Waals surface area contributed by atoms with Crippen LogP contribution in [-0.2, 0) is 43.1 Å². The molecule has 18 heteroatoms. The summed E-state index contributed by atoms with van der Waals surface area (Å²) in [7, 11) is 6.04. The Morgan fingerprint density at radius 1 is 1.05 bits per heavy atom. The molecule has 7 atom stereocenters. The molecule has 7 rings (SSSR count). The third-order valence-electron chi connectivity index (χ3n) is 12.3. The van der Waals surface area contributed by atoms with Gasteiger partial charge in [-0.2, -0.15) is 0 Å². The number of hydrogen-bond donors (Lipinski definition) is 1. The second-order valence-corrected chi connectivity index (χ2v) is 19.3. The van der Waals surface area contributed by atoms with Gasteiger partial charge in [-0.3, -0.25) is 23.8 Å². The first kappa shape index (κ1) is 43.9. The minimum absolute atomic E-state index is 0.0670. The van der Waals surface area contributed by atoms with Crippen LogP contribution in [0, 0.1) is 11.8 Å². The topological polar surface area (TPSA) is 174 Å². The van der Waals surface area contributed by atoms with Gasteiger partial charge in [0.05, 0.1) is 25.5 Å². The van der Waals surface area contributed by atoms with Crippen molar-refractivity contribution in [1.82, 2.24) is 24.3 Å². The summed E-state index contributed by atoms with van der Waals surface area (Å²) >= 11 is 6.49. The molecule has 3 heterocycles. The highest BCUT2D eigenvalue weighted by Crippen LogP contribution is 2.47. The summed E-state index contributed by atoms with van der Waals surface area (Å²) in [5, 5.41) is 3.12. The maximum absolute atomic E-state index is 15.6. The molecule has 2 aromatic carbocycles. The number of carbonyl (C=O) groups excluding carboxylic acids is 4. The zero-order chi connectivity index (χ0) is 43.8. The van der Waals surface area contributed by atoms with Crippen LogP contribution in [0.1, 0.15) is 63.9 Å². The number of nitrogens with one attached hydrogen (secondary N) is 1. The van der Waals surface area contributed by atoms with E-state index in [0.717, 1.165) is 32.1 Å². The Labute approximate surface area is 361 Å². The third kappa shape index (κ3) is 8.96. The highest BCUT2D eigenvalue weighted by molar-refractivity contribution is 7.94. The number of methoxy groups -OCH3 is 2. The number of amides is 4. The van der Waals surface area contributed by atoms with Crippen LogP contribution in [0.4, 0.5) is 10.5 Å². The van der Waals surface area contributed by atoms with Crippen LogP contribution in [-0.4, -0.2) is 127 Å². The predicted molar refractivity (Wildman–Crippen MR) is 230 cm³/mol. The minimum atomic E-state index is -4.41. The largest absolute Gasteiger partial charge is 0.490 e. The van der Waals surface area contributed by atoms with Crippen LogP contribution in [0.2, 0.25) is 5.02 Å². The minimum Gasteiger partial charge on any atom is -0.490 e. The summed E-state index contributed by atoms with van der Waals surface area (Å²) in [5.41, 5.74) is 2.63. The van der Waals surface area contributed by atoms with Crippen molar-refractivity contribution in [3.8, 4) is 11.6 Å². The molecule has 328 valence electrons. The van der Waals surface area contributed by atoms with Gasteiger partial charge < -0.3 is 33.6 Å². The van der Waals surface area contributed by atoms with E-state index in [1.54, 1.807) is 38.4 Å². The molecule has 4 amide bonds.